The van der Waals surface area contributed by atoms with Gasteiger partial charge in [0.15, 0.2) is 0 Å². The summed E-state index contributed by atoms with van der Waals surface area (Å²) in [7, 11) is 0. The van der Waals surface area contributed by atoms with Crippen molar-refractivity contribution in [2.45, 2.75) is 19.4 Å². The van der Waals surface area contributed by atoms with Crippen LogP contribution >= 0.6 is 34.4 Å². The SMILES string of the molecule is CC(C)(N)CSCC(=O)Nc1ccccc1I. The standard InChI is InChI=1S/C12H17IN2OS/c1-12(2,14)8-17-7-11(16)15-10-6-4-3-5-9(10)13/h3-6H,7-8,14H2,1-2H3,(H,15,16). The van der Waals surface area contributed by atoms with E-state index in [1.807, 2.05) is 38.1 Å². The molecule has 0 atom stereocenters. The normalized spacial score (nSPS) is 11.3. The molecule has 0 aliphatic heterocycles. The fraction of sp³-hybridized carbons (Fsp3) is 0.417. The van der Waals surface area contributed by atoms with Gasteiger partial charge in [-0.15, -0.1) is 0 Å². The quantitative estimate of drug-likeness (QED) is 0.790. The molecular weight excluding hydrogens is 347 g/mol. The molecule has 0 bridgehead atoms. The average Bonchev–Trinajstić information content (AvgIpc) is 2.19. The van der Waals surface area contributed by atoms with Crippen LogP contribution < -0.4 is 11.1 Å². The molecule has 0 saturated heterocycles. The zero-order valence-electron chi connectivity index (χ0n) is 10.00. The zero-order chi connectivity index (χ0) is 12.9. The number of anilines is 1. The number of nitrogens with two attached hydrogens (primary N) is 1. The van der Waals surface area contributed by atoms with Gasteiger partial charge in [0.1, 0.15) is 0 Å². The molecule has 0 spiro atoms. The third kappa shape index (κ3) is 6.28. The zero-order valence-corrected chi connectivity index (χ0v) is 13.0. The summed E-state index contributed by atoms with van der Waals surface area (Å²) < 4.78 is 1.04. The lowest BCUT2D eigenvalue weighted by molar-refractivity contribution is -0.113. The first-order valence-corrected chi connectivity index (χ1v) is 7.53. The Labute approximate surface area is 120 Å². The molecule has 1 amide bonds. The summed E-state index contributed by atoms with van der Waals surface area (Å²) in [6.07, 6.45) is 0. The fourth-order valence-electron chi connectivity index (χ4n) is 1.16. The molecule has 0 aliphatic rings. The van der Waals surface area contributed by atoms with Crippen molar-refractivity contribution in [2.24, 2.45) is 5.73 Å². The number of amides is 1. The van der Waals surface area contributed by atoms with Crippen molar-refractivity contribution < 1.29 is 4.79 Å². The second-order valence-corrected chi connectivity index (χ2v) is 6.66. The van der Waals surface area contributed by atoms with Gasteiger partial charge in [0, 0.05) is 14.9 Å². The molecule has 0 radical (unpaired) electrons. The van der Waals surface area contributed by atoms with Crippen molar-refractivity contribution in [3.05, 3.63) is 27.8 Å². The summed E-state index contributed by atoms with van der Waals surface area (Å²) in [6, 6.07) is 7.72. The molecule has 3 nitrogen and oxygen atoms in total. The summed E-state index contributed by atoms with van der Waals surface area (Å²) in [4.78, 5) is 11.7. The van der Waals surface area contributed by atoms with E-state index in [1.165, 1.54) is 0 Å². The number of nitrogens with one attached hydrogen (secondary N) is 1. The third-order valence-electron chi connectivity index (χ3n) is 1.86. The highest BCUT2D eigenvalue weighted by Gasteiger charge is 2.12. The minimum absolute atomic E-state index is 0.0170. The highest BCUT2D eigenvalue weighted by atomic mass is 127. The van der Waals surface area contributed by atoms with Gasteiger partial charge in [-0.3, -0.25) is 4.79 Å². The van der Waals surface area contributed by atoms with Crippen molar-refractivity contribution in [1.29, 1.82) is 0 Å². The first-order chi connectivity index (χ1) is 7.88. The smallest absolute Gasteiger partial charge is 0.234 e. The molecule has 0 aromatic heterocycles. The van der Waals surface area contributed by atoms with Crippen molar-refractivity contribution in [3.8, 4) is 0 Å². The number of thioether (sulfide) groups is 1. The monoisotopic (exact) mass is 364 g/mol. The van der Waals surface area contributed by atoms with Gasteiger partial charge in [0.05, 0.1) is 11.4 Å². The summed E-state index contributed by atoms with van der Waals surface area (Å²) in [5.41, 5.74) is 6.48. The van der Waals surface area contributed by atoms with Gasteiger partial charge in [0.2, 0.25) is 5.91 Å². The summed E-state index contributed by atoms with van der Waals surface area (Å²) in [6.45, 7) is 3.91. The van der Waals surface area contributed by atoms with E-state index in [2.05, 4.69) is 27.9 Å². The van der Waals surface area contributed by atoms with Crippen molar-refractivity contribution in [2.75, 3.05) is 16.8 Å². The summed E-state index contributed by atoms with van der Waals surface area (Å²) in [5.74, 6) is 1.22. The number of benzene rings is 1. The van der Waals surface area contributed by atoms with Gasteiger partial charge in [-0.05, 0) is 48.6 Å². The minimum Gasteiger partial charge on any atom is -0.325 e. The first kappa shape index (κ1) is 14.8. The Morgan fingerprint density at radius 1 is 1.47 bits per heavy atom. The number of carbonyl (C=O) groups excluding carboxylic acids is 1. The second-order valence-electron chi connectivity index (χ2n) is 4.51. The Hall–Kier alpha value is -0.270. The molecule has 0 saturated carbocycles. The highest BCUT2D eigenvalue weighted by molar-refractivity contribution is 14.1. The van der Waals surface area contributed by atoms with E-state index in [4.69, 9.17) is 5.73 Å². The van der Waals surface area contributed by atoms with E-state index in [1.54, 1.807) is 11.8 Å². The second kappa shape index (κ2) is 6.61. The van der Waals surface area contributed by atoms with Crippen molar-refractivity contribution in [1.82, 2.24) is 0 Å². The maximum Gasteiger partial charge on any atom is 0.234 e. The molecule has 94 valence electrons. The molecule has 1 aromatic rings. The van der Waals surface area contributed by atoms with Gasteiger partial charge >= 0.3 is 0 Å². The maximum atomic E-state index is 11.7. The number of rotatable bonds is 5. The number of hydrogen-bond donors (Lipinski definition) is 2. The summed E-state index contributed by atoms with van der Waals surface area (Å²) >= 11 is 3.76. The van der Waals surface area contributed by atoms with Crippen LogP contribution in [0.25, 0.3) is 0 Å². The van der Waals surface area contributed by atoms with Crippen molar-refractivity contribution >= 4 is 45.9 Å². The molecule has 1 rings (SSSR count). The number of carbonyl (C=O) groups is 1. The van der Waals surface area contributed by atoms with Crippen LogP contribution in [0.5, 0.6) is 0 Å². The predicted octanol–water partition coefficient (Wildman–Crippen LogP) is 2.70. The van der Waals surface area contributed by atoms with Crippen LogP contribution in [0.4, 0.5) is 5.69 Å². The Balaban J connectivity index is 2.38. The molecule has 1 aromatic carbocycles. The summed E-state index contributed by atoms with van der Waals surface area (Å²) in [5, 5.41) is 2.89. The molecular formula is C12H17IN2OS. The molecule has 17 heavy (non-hydrogen) atoms. The molecule has 0 unspecified atom stereocenters. The van der Waals surface area contributed by atoms with Crippen LogP contribution in [-0.2, 0) is 4.79 Å². The lowest BCUT2D eigenvalue weighted by Crippen LogP contribution is -2.35. The first-order valence-electron chi connectivity index (χ1n) is 5.29. The van der Waals surface area contributed by atoms with E-state index in [-0.39, 0.29) is 11.4 Å². The van der Waals surface area contributed by atoms with Crippen molar-refractivity contribution in [3.63, 3.8) is 0 Å². The average molecular weight is 364 g/mol. The fourth-order valence-corrected chi connectivity index (χ4v) is 2.56. The van der Waals surface area contributed by atoms with E-state index in [9.17, 15) is 4.79 Å². The Bertz CT molecular complexity index is 390. The lowest BCUT2D eigenvalue weighted by atomic mass is 10.1. The van der Waals surface area contributed by atoms with Gasteiger partial charge in [-0.1, -0.05) is 12.1 Å². The largest absolute Gasteiger partial charge is 0.325 e. The van der Waals surface area contributed by atoms with E-state index >= 15 is 0 Å². The topological polar surface area (TPSA) is 55.1 Å². The highest BCUT2D eigenvalue weighted by Crippen LogP contribution is 2.17. The molecule has 3 N–H and O–H groups in total. The van der Waals surface area contributed by atoms with E-state index in [0.717, 1.165) is 15.0 Å². The molecule has 0 heterocycles. The van der Waals surface area contributed by atoms with Crippen LogP contribution in [-0.4, -0.2) is 23.0 Å². The van der Waals surface area contributed by atoms with Crippen LogP contribution in [0.15, 0.2) is 24.3 Å². The lowest BCUT2D eigenvalue weighted by Gasteiger charge is -2.17. The molecule has 0 fully saturated rings. The van der Waals surface area contributed by atoms with Gasteiger partial charge < -0.3 is 11.1 Å². The third-order valence-corrected chi connectivity index (χ3v) is 4.21. The van der Waals surface area contributed by atoms with E-state index < -0.39 is 0 Å². The van der Waals surface area contributed by atoms with Gasteiger partial charge in [0.25, 0.3) is 0 Å². The van der Waals surface area contributed by atoms with Crippen LogP contribution in [0.3, 0.4) is 0 Å². The number of halogens is 1. The van der Waals surface area contributed by atoms with Crippen LogP contribution in [0.2, 0.25) is 0 Å². The molecule has 5 heteroatoms. The number of hydrogen-bond acceptors (Lipinski definition) is 3. The van der Waals surface area contributed by atoms with Crippen LogP contribution in [0.1, 0.15) is 13.8 Å². The Morgan fingerprint density at radius 2 is 2.12 bits per heavy atom. The molecule has 0 aliphatic carbocycles. The Morgan fingerprint density at radius 3 is 2.71 bits per heavy atom. The van der Waals surface area contributed by atoms with E-state index in [0.29, 0.717) is 5.75 Å². The number of para-hydroxylation sites is 1. The van der Waals surface area contributed by atoms with Gasteiger partial charge in [-0.25, -0.2) is 0 Å². The minimum atomic E-state index is -0.230. The van der Waals surface area contributed by atoms with Crippen LogP contribution in [0, 0.1) is 3.57 Å². The predicted molar refractivity (Wildman–Crippen MR) is 83.4 cm³/mol. The maximum absolute atomic E-state index is 11.7. The Kier molecular flexibility index (Phi) is 5.75. The van der Waals surface area contributed by atoms with Gasteiger partial charge in [-0.2, -0.15) is 11.8 Å².